The third-order valence-electron chi connectivity index (χ3n) is 4.16. The lowest BCUT2D eigenvalue weighted by atomic mass is 9.94. The van der Waals surface area contributed by atoms with Crippen molar-refractivity contribution in [3.8, 4) is 0 Å². The van der Waals surface area contributed by atoms with Crippen LogP contribution in [0.3, 0.4) is 0 Å². The van der Waals surface area contributed by atoms with Crippen LogP contribution in [0.4, 0.5) is 4.39 Å². The number of carbonyl (C=O) groups excluding carboxylic acids is 1. The van der Waals surface area contributed by atoms with Crippen LogP contribution in [0.25, 0.3) is 4.85 Å². The fraction of sp³-hybridized carbons (Fsp3) is 0.562. The monoisotopic (exact) mass is 336 g/mol. The number of nitrogens with zero attached hydrogens (tertiary/aromatic N) is 3. The molecule has 24 heavy (non-hydrogen) atoms. The molecular weight excluding hydrogens is 315 g/mol. The predicted octanol–water partition coefficient (Wildman–Crippen LogP) is -0.247. The Balaban J connectivity index is 2.00. The lowest BCUT2D eigenvalue weighted by Gasteiger charge is -2.31. The lowest BCUT2D eigenvalue weighted by Crippen LogP contribution is -2.56. The van der Waals surface area contributed by atoms with Gasteiger partial charge in [0.25, 0.3) is 0 Å². The van der Waals surface area contributed by atoms with Crippen molar-refractivity contribution < 1.29 is 19.4 Å². The number of nitrogens with one attached hydrogen (secondary N) is 1. The molecule has 0 saturated carbocycles. The first-order chi connectivity index (χ1) is 11.5. The third-order valence-corrected chi connectivity index (χ3v) is 4.16. The highest BCUT2D eigenvalue weighted by Crippen LogP contribution is 2.21. The Bertz CT molecular complexity index is 589. The van der Waals surface area contributed by atoms with Crippen molar-refractivity contribution in [1.29, 1.82) is 0 Å². The maximum absolute atomic E-state index is 13.4. The topological polar surface area (TPSA) is 90.1 Å². The van der Waals surface area contributed by atoms with E-state index < -0.39 is 37.0 Å². The molecule has 2 heterocycles. The molecule has 0 bridgehead atoms. The van der Waals surface area contributed by atoms with Gasteiger partial charge >= 0.3 is 6.17 Å². The van der Waals surface area contributed by atoms with E-state index in [1.165, 1.54) is 4.90 Å². The summed E-state index contributed by atoms with van der Waals surface area (Å²) in [5.41, 5.74) is -0.462. The zero-order chi connectivity index (χ0) is 17.6. The minimum Gasteiger partial charge on any atom is -0.394 e. The Labute approximate surface area is 139 Å². The SMILES string of the molecule is [C-]#[N+][C@@H]1C[C@H](F)CN1C(=O)CNC(CO)(CO)Cc1ccccn1. The van der Waals surface area contributed by atoms with Crippen LogP contribution in [-0.4, -0.2) is 70.2 Å². The highest BCUT2D eigenvalue weighted by atomic mass is 19.1. The first kappa shape index (κ1) is 18.3. The van der Waals surface area contributed by atoms with Crippen molar-refractivity contribution in [3.63, 3.8) is 0 Å². The molecule has 130 valence electrons. The van der Waals surface area contributed by atoms with Gasteiger partial charge in [0.1, 0.15) is 6.17 Å². The molecule has 1 saturated heterocycles. The molecule has 0 radical (unpaired) electrons. The maximum Gasteiger partial charge on any atom is 0.303 e. The van der Waals surface area contributed by atoms with Crippen LogP contribution >= 0.6 is 0 Å². The molecule has 1 aromatic rings. The lowest BCUT2D eigenvalue weighted by molar-refractivity contribution is -0.131. The second-order valence-electron chi connectivity index (χ2n) is 5.94. The Kier molecular flexibility index (Phi) is 6.20. The third kappa shape index (κ3) is 4.26. The average Bonchev–Trinajstić information content (AvgIpc) is 3.00. The molecule has 1 fully saturated rings. The number of aliphatic hydroxyl groups is 2. The van der Waals surface area contributed by atoms with Crippen molar-refractivity contribution >= 4 is 5.91 Å². The van der Waals surface area contributed by atoms with E-state index in [9.17, 15) is 19.4 Å². The fourth-order valence-corrected chi connectivity index (χ4v) is 2.71. The summed E-state index contributed by atoms with van der Waals surface area (Å²) in [6.45, 7) is 5.95. The highest BCUT2D eigenvalue weighted by Gasteiger charge is 2.40. The summed E-state index contributed by atoms with van der Waals surface area (Å²) >= 11 is 0. The molecule has 2 rings (SSSR count). The number of aromatic nitrogens is 1. The standard InChI is InChI=1S/C16H21FN4O3/c1-18-14-6-12(17)9-21(14)15(24)8-20-16(10-22,11-23)7-13-4-2-3-5-19-13/h2-5,12,14,20,22-23H,6-11H2/t12-,14-/m0/s1. The number of pyridine rings is 1. The quantitative estimate of drug-likeness (QED) is 0.598. The molecule has 7 nitrogen and oxygen atoms in total. The van der Waals surface area contributed by atoms with Gasteiger partial charge in [0, 0.05) is 18.3 Å². The molecule has 1 aliphatic heterocycles. The zero-order valence-corrected chi connectivity index (χ0v) is 13.2. The molecule has 0 aromatic carbocycles. The molecule has 0 spiro atoms. The molecule has 0 unspecified atom stereocenters. The van der Waals surface area contributed by atoms with E-state index in [1.54, 1.807) is 24.4 Å². The molecular formula is C16H21FN4O3. The number of hydrogen-bond donors (Lipinski definition) is 3. The Morgan fingerprint density at radius 2 is 2.25 bits per heavy atom. The first-order valence-electron chi connectivity index (χ1n) is 7.70. The van der Waals surface area contributed by atoms with Crippen LogP contribution < -0.4 is 5.32 Å². The summed E-state index contributed by atoms with van der Waals surface area (Å²) in [5.74, 6) is -0.427. The van der Waals surface area contributed by atoms with E-state index >= 15 is 0 Å². The van der Waals surface area contributed by atoms with E-state index in [1.807, 2.05) is 0 Å². The Morgan fingerprint density at radius 3 is 2.83 bits per heavy atom. The molecule has 1 aliphatic rings. The van der Waals surface area contributed by atoms with Crippen LogP contribution in [-0.2, 0) is 11.2 Å². The Hall–Kier alpha value is -2.08. The summed E-state index contributed by atoms with van der Waals surface area (Å²) in [4.78, 5) is 20.9. The number of likely N-dealkylation sites (tertiary alicyclic amines) is 1. The van der Waals surface area contributed by atoms with E-state index in [4.69, 9.17) is 6.57 Å². The number of carbonyl (C=O) groups is 1. The van der Waals surface area contributed by atoms with Crippen molar-refractivity contribution in [1.82, 2.24) is 15.2 Å². The van der Waals surface area contributed by atoms with Gasteiger partial charge in [0.15, 0.2) is 0 Å². The first-order valence-corrected chi connectivity index (χ1v) is 7.70. The summed E-state index contributed by atoms with van der Waals surface area (Å²) in [6, 6.07) is 5.30. The number of rotatable bonds is 7. The fourth-order valence-electron chi connectivity index (χ4n) is 2.71. The molecule has 1 aromatic heterocycles. The van der Waals surface area contributed by atoms with Crippen LogP contribution in [0.5, 0.6) is 0 Å². The minimum atomic E-state index is -1.19. The van der Waals surface area contributed by atoms with Crippen molar-refractivity contribution in [3.05, 3.63) is 41.5 Å². The van der Waals surface area contributed by atoms with Crippen molar-refractivity contribution in [2.45, 2.75) is 30.7 Å². The van der Waals surface area contributed by atoms with Crippen LogP contribution in [0.2, 0.25) is 0 Å². The summed E-state index contributed by atoms with van der Waals surface area (Å²) in [5, 5.41) is 22.2. The van der Waals surface area contributed by atoms with Crippen molar-refractivity contribution in [2.75, 3.05) is 26.3 Å². The van der Waals surface area contributed by atoms with Crippen molar-refractivity contribution in [2.24, 2.45) is 0 Å². The van der Waals surface area contributed by atoms with Gasteiger partial charge in [0.2, 0.25) is 5.91 Å². The van der Waals surface area contributed by atoms with Gasteiger partial charge in [-0.3, -0.25) is 24.8 Å². The van der Waals surface area contributed by atoms with Crippen LogP contribution in [0, 0.1) is 6.57 Å². The largest absolute Gasteiger partial charge is 0.394 e. The normalized spacial score (nSPS) is 20.8. The van der Waals surface area contributed by atoms with Gasteiger partial charge in [-0.15, -0.1) is 0 Å². The van der Waals surface area contributed by atoms with Crippen LogP contribution in [0.15, 0.2) is 24.4 Å². The second kappa shape index (κ2) is 8.15. The summed E-state index contributed by atoms with van der Waals surface area (Å²) < 4.78 is 13.4. The number of aliphatic hydroxyl groups excluding tert-OH is 2. The molecule has 8 heteroatoms. The summed E-state index contributed by atoms with van der Waals surface area (Å²) in [6.07, 6.45) is -0.128. The number of alkyl halides is 1. The molecule has 1 amide bonds. The molecule has 2 atom stereocenters. The van der Waals surface area contributed by atoms with Crippen LogP contribution in [0.1, 0.15) is 12.1 Å². The second-order valence-corrected chi connectivity index (χ2v) is 5.94. The number of hydrogen-bond acceptors (Lipinski definition) is 5. The molecule has 0 aliphatic carbocycles. The smallest absolute Gasteiger partial charge is 0.303 e. The molecule has 3 N–H and O–H groups in total. The minimum absolute atomic E-state index is 0.0221. The summed E-state index contributed by atoms with van der Waals surface area (Å²) in [7, 11) is 0. The van der Waals surface area contributed by atoms with Gasteiger partial charge < -0.3 is 10.2 Å². The van der Waals surface area contributed by atoms with Gasteiger partial charge in [-0.05, 0) is 12.1 Å². The van der Waals surface area contributed by atoms with Gasteiger partial charge in [-0.25, -0.2) is 11.0 Å². The number of amides is 1. The Morgan fingerprint density at radius 1 is 1.50 bits per heavy atom. The highest BCUT2D eigenvalue weighted by molar-refractivity contribution is 5.79. The average molecular weight is 336 g/mol. The number of halogens is 1. The zero-order valence-electron chi connectivity index (χ0n) is 13.2. The van der Waals surface area contributed by atoms with Gasteiger partial charge in [0.05, 0.1) is 38.3 Å². The predicted molar refractivity (Wildman–Crippen MR) is 84.5 cm³/mol. The van der Waals surface area contributed by atoms with E-state index in [2.05, 4.69) is 15.1 Å². The van der Waals surface area contributed by atoms with E-state index in [-0.39, 0.29) is 25.9 Å². The van der Waals surface area contributed by atoms with E-state index in [0.29, 0.717) is 5.69 Å². The van der Waals surface area contributed by atoms with Gasteiger partial charge in [-0.2, -0.15) is 0 Å². The van der Waals surface area contributed by atoms with E-state index in [0.717, 1.165) is 0 Å². The van der Waals surface area contributed by atoms with Gasteiger partial charge in [-0.1, -0.05) is 6.07 Å². The maximum atomic E-state index is 13.4.